The van der Waals surface area contributed by atoms with Gasteiger partial charge in [0.1, 0.15) is 17.7 Å². The zero-order valence-corrected chi connectivity index (χ0v) is 10.8. The summed E-state index contributed by atoms with van der Waals surface area (Å²) in [6, 6.07) is 4.99. The molecule has 98 valence electrons. The predicted molar refractivity (Wildman–Crippen MR) is 69.0 cm³/mol. The Balaban J connectivity index is 1.79. The van der Waals surface area contributed by atoms with Crippen LogP contribution in [0.5, 0.6) is 5.75 Å². The third kappa shape index (κ3) is 1.72. The summed E-state index contributed by atoms with van der Waals surface area (Å²) in [6.45, 7) is 1.95. The van der Waals surface area contributed by atoms with Crippen LogP contribution in [-0.2, 0) is 0 Å². The number of halogens is 1. The Morgan fingerprint density at radius 3 is 2.72 bits per heavy atom. The molecule has 1 spiro atoms. The van der Waals surface area contributed by atoms with Gasteiger partial charge in [-0.1, -0.05) is 18.9 Å². The van der Waals surface area contributed by atoms with Crippen molar-refractivity contribution in [3.8, 4) is 5.75 Å². The molecule has 0 radical (unpaired) electrons. The molecule has 0 heterocycles. The monoisotopic (exact) mass is 249 g/mol. The molecular formula is C15H20FNO. The second kappa shape index (κ2) is 4.23. The van der Waals surface area contributed by atoms with E-state index in [-0.39, 0.29) is 23.4 Å². The average Bonchev–Trinajstić information content (AvgIpc) is 2.85. The minimum atomic E-state index is -0.236. The smallest absolute Gasteiger partial charge is 0.126 e. The third-order valence-electron chi connectivity index (χ3n) is 4.80. The van der Waals surface area contributed by atoms with Gasteiger partial charge in [0, 0.05) is 23.9 Å². The minimum Gasteiger partial charge on any atom is -0.489 e. The molecule has 2 atom stereocenters. The summed E-state index contributed by atoms with van der Waals surface area (Å²) in [4.78, 5) is 0. The van der Waals surface area contributed by atoms with E-state index in [0.717, 1.165) is 24.8 Å². The minimum absolute atomic E-state index is 0.165. The zero-order chi connectivity index (χ0) is 12.8. The topological polar surface area (TPSA) is 35.2 Å². The molecule has 1 aromatic rings. The molecule has 2 nitrogen and oxygen atoms in total. The van der Waals surface area contributed by atoms with Gasteiger partial charge in [0.2, 0.25) is 0 Å². The highest BCUT2D eigenvalue weighted by Crippen LogP contribution is 2.53. The fourth-order valence-corrected chi connectivity index (χ4v) is 3.52. The van der Waals surface area contributed by atoms with E-state index in [1.54, 1.807) is 6.07 Å². The lowest BCUT2D eigenvalue weighted by atomic mass is 9.61. The molecule has 1 aromatic carbocycles. The van der Waals surface area contributed by atoms with Gasteiger partial charge in [-0.3, -0.25) is 0 Å². The molecule has 2 aliphatic rings. The molecule has 0 amide bonds. The zero-order valence-electron chi connectivity index (χ0n) is 10.8. The van der Waals surface area contributed by atoms with Crippen LogP contribution in [0.25, 0.3) is 0 Å². The van der Waals surface area contributed by atoms with Crippen molar-refractivity contribution in [3.05, 3.63) is 29.6 Å². The SMILES string of the molecule is Cc1ccc(F)cc1OC1CC(N)C12CCCC2. The van der Waals surface area contributed by atoms with Crippen molar-refractivity contribution in [2.24, 2.45) is 11.1 Å². The average molecular weight is 249 g/mol. The molecule has 0 saturated heterocycles. The molecule has 0 aliphatic heterocycles. The largest absolute Gasteiger partial charge is 0.489 e. The molecule has 3 heteroatoms. The van der Waals surface area contributed by atoms with E-state index in [4.69, 9.17) is 10.5 Å². The summed E-state index contributed by atoms with van der Waals surface area (Å²) in [5.41, 5.74) is 7.33. The lowest BCUT2D eigenvalue weighted by Gasteiger charge is -2.52. The van der Waals surface area contributed by atoms with Gasteiger partial charge in [-0.15, -0.1) is 0 Å². The van der Waals surface area contributed by atoms with Gasteiger partial charge in [-0.2, -0.15) is 0 Å². The first kappa shape index (κ1) is 12.0. The van der Waals surface area contributed by atoms with Crippen LogP contribution >= 0.6 is 0 Å². The van der Waals surface area contributed by atoms with Crippen LogP contribution in [0, 0.1) is 18.2 Å². The van der Waals surface area contributed by atoms with Crippen molar-refractivity contribution in [1.82, 2.24) is 0 Å². The Morgan fingerprint density at radius 2 is 2.06 bits per heavy atom. The quantitative estimate of drug-likeness (QED) is 0.873. The van der Waals surface area contributed by atoms with Crippen molar-refractivity contribution in [1.29, 1.82) is 0 Å². The van der Waals surface area contributed by atoms with E-state index in [9.17, 15) is 4.39 Å². The second-order valence-corrected chi connectivity index (χ2v) is 5.80. The number of ether oxygens (including phenoxy) is 1. The molecular weight excluding hydrogens is 229 g/mol. The van der Waals surface area contributed by atoms with Crippen LogP contribution in [0.15, 0.2) is 18.2 Å². The fraction of sp³-hybridized carbons (Fsp3) is 0.600. The van der Waals surface area contributed by atoms with Crippen LogP contribution < -0.4 is 10.5 Å². The molecule has 2 fully saturated rings. The van der Waals surface area contributed by atoms with Gasteiger partial charge < -0.3 is 10.5 Å². The van der Waals surface area contributed by atoms with E-state index < -0.39 is 0 Å². The Kier molecular flexibility index (Phi) is 2.81. The number of aryl methyl sites for hydroxylation is 1. The van der Waals surface area contributed by atoms with Crippen molar-refractivity contribution < 1.29 is 9.13 Å². The third-order valence-corrected chi connectivity index (χ3v) is 4.80. The second-order valence-electron chi connectivity index (χ2n) is 5.80. The summed E-state index contributed by atoms with van der Waals surface area (Å²) >= 11 is 0. The van der Waals surface area contributed by atoms with Crippen LogP contribution in [0.4, 0.5) is 4.39 Å². The lowest BCUT2D eigenvalue weighted by Crippen LogP contribution is -2.62. The van der Waals surface area contributed by atoms with Gasteiger partial charge in [0.25, 0.3) is 0 Å². The fourth-order valence-electron chi connectivity index (χ4n) is 3.52. The maximum Gasteiger partial charge on any atom is 0.126 e. The van der Waals surface area contributed by atoms with E-state index in [1.165, 1.54) is 25.0 Å². The molecule has 2 N–H and O–H groups in total. The summed E-state index contributed by atoms with van der Waals surface area (Å²) in [5.74, 6) is 0.442. The molecule has 2 aliphatic carbocycles. The molecule has 18 heavy (non-hydrogen) atoms. The molecule has 0 aromatic heterocycles. The Labute approximate surface area is 107 Å². The van der Waals surface area contributed by atoms with E-state index >= 15 is 0 Å². The summed E-state index contributed by atoms with van der Waals surface area (Å²) in [6.07, 6.45) is 5.89. The number of benzene rings is 1. The van der Waals surface area contributed by atoms with Crippen LogP contribution in [0.3, 0.4) is 0 Å². The van der Waals surface area contributed by atoms with E-state index in [1.807, 2.05) is 6.92 Å². The van der Waals surface area contributed by atoms with Gasteiger partial charge in [-0.05, 0) is 31.4 Å². The van der Waals surface area contributed by atoms with Crippen LogP contribution in [-0.4, -0.2) is 12.1 Å². The Bertz CT molecular complexity index is 454. The summed E-state index contributed by atoms with van der Waals surface area (Å²) < 4.78 is 19.3. The highest BCUT2D eigenvalue weighted by molar-refractivity contribution is 5.33. The maximum absolute atomic E-state index is 13.3. The van der Waals surface area contributed by atoms with Crippen LogP contribution in [0.1, 0.15) is 37.7 Å². The maximum atomic E-state index is 13.3. The Hall–Kier alpha value is -1.09. The number of nitrogens with two attached hydrogens (primary N) is 1. The molecule has 2 saturated carbocycles. The summed E-state index contributed by atoms with van der Waals surface area (Å²) in [5, 5.41) is 0. The lowest BCUT2D eigenvalue weighted by molar-refractivity contribution is -0.0624. The van der Waals surface area contributed by atoms with Gasteiger partial charge in [-0.25, -0.2) is 4.39 Å². The number of hydrogen-bond acceptors (Lipinski definition) is 2. The highest BCUT2D eigenvalue weighted by Gasteiger charge is 2.56. The summed E-state index contributed by atoms with van der Waals surface area (Å²) in [7, 11) is 0. The number of hydrogen-bond donors (Lipinski definition) is 1. The normalized spacial score (nSPS) is 29.3. The standard InChI is InChI=1S/C15H20FNO/c1-10-4-5-11(16)8-12(10)18-14-9-13(17)15(14)6-2-3-7-15/h4-5,8,13-14H,2-3,6-7,9,17H2,1H3. The molecule has 3 rings (SSSR count). The first-order chi connectivity index (χ1) is 8.62. The first-order valence-electron chi connectivity index (χ1n) is 6.80. The molecule has 0 bridgehead atoms. The van der Waals surface area contributed by atoms with Crippen molar-refractivity contribution in [2.45, 2.75) is 51.2 Å². The van der Waals surface area contributed by atoms with Crippen molar-refractivity contribution in [3.63, 3.8) is 0 Å². The van der Waals surface area contributed by atoms with Gasteiger partial charge in [0.15, 0.2) is 0 Å². The van der Waals surface area contributed by atoms with Crippen molar-refractivity contribution in [2.75, 3.05) is 0 Å². The van der Waals surface area contributed by atoms with E-state index in [2.05, 4.69) is 0 Å². The molecule has 2 unspecified atom stereocenters. The Morgan fingerprint density at radius 1 is 1.33 bits per heavy atom. The highest BCUT2D eigenvalue weighted by atomic mass is 19.1. The first-order valence-corrected chi connectivity index (χ1v) is 6.80. The van der Waals surface area contributed by atoms with Gasteiger partial charge >= 0.3 is 0 Å². The predicted octanol–water partition coefficient (Wildman–Crippen LogP) is 3.17. The number of rotatable bonds is 2. The van der Waals surface area contributed by atoms with E-state index in [0.29, 0.717) is 5.75 Å². The van der Waals surface area contributed by atoms with Crippen LogP contribution in [0.2, 0.25) is 0 Å². The van der Waals surface area contributed by atoms with Gasteiger partial charge in [0.05, 0.1) is 0 Å². The van der Waals surface area contributed by atoms with Crippen molar-refractivity contribution >= 4 is 0 Å².